The van der Waals surface area contributed by atoms with Gasteiger partial charge in [-0.15, -0.1) is 4.98 Å². The molecule has 0 aromatic carbocycles. The van der Waals surface area contributed by atoms with Crippen molar-refractivity contribution in [1.29, 1.82) is 0 Å². The fourth-order valence-corrected chi connectivity index (χ4v) is 3.59. The van der Waals surface area contributed by atoms with E-state index in [0.29, 0.717) is 11.5 Å². The van der Waals surface area contributed by atoms with Gasteiger partial charge in [0.15, 0.2) is 0 Å². The number of carbonyl (C=O) groups is 1. The van der Waals surface area contributed by atoms with Crippen LogP contribution in [0.1, 0.15) is 40.5 Å². The van der Waals surface area contributed by atoms with Crippen LogP contribution in [0.25, 0.3) is 4.85 Å². The summed E-state index contributed by atoms with van der Waals surface area (Å²) in [6, 6.07) is 1.95. The molecule has 1 aliphatic rings. The van der Waals surface area contributed by atoms with Crippen LogP contribution in [-0.2, 0) is 11.8 Å². The quantitative estimate of drug-likeness (QED) is 0.740. The molecular weight excluding hydrogens is 382 g/mol. The van der Waals surface area contributed by atoms with E-state index in [4.69, 9.17) is 11.3 Å². The first-order valence-corrected chi connectivity index (χ1v) is 10.1. The van der Waals surface area contributed by atoms with Crippen molar-refractivity contribution in [2.45, 2.75) is 58.2 Å². The summed E-state index contributed by atoms with van der Waals surface area (Å²) in [5.74, 6) is 0.302. The van der Waals surface area contributed by atoms with Gasteiger partial charge in [-0.25, -0.2) is 4.79 Å². The van der Waals surface area contributed by atoms with Crippen LogP contribution in [0.15, 0.2) is 24.7 Å². The van der Waals surface area contributed by atoms with Crippen molar-refractivity contribution in [2.75, 3.05) is 16.8 Å². The van der Waals surface area contributed by atoms with Gasteiger partial charge in [-0.1, -0.05) is 6.57 Å². The molecule has 30 heavy (non-hydrogen) atoms. The fourth-order valence-electron chi connectivity index (χ4n) is 3.59. The molecule has 0 spiro atoms. The van der Waals surface area contributed by atoms with Crippen LogP contribution in [0.4, 0.5) is 27.7 Å². The molecule has 2 aromatic heterocycles. The summed E-state index contributed by atoms with van der Waals surface area (Å²) in [5, 5.41) is 10.4. The van der Waals surface area contributed by atoms with Crippen molar-refractivity contribution in [3.05, 3.63) is 36.1 Å². The number of hydrogen-bond donors (Lipinski definition) is 2. The zero-order valence-corrected chi connectivity index (χ0v) is 18.1. The van der Waals surface area contributed by atoms with E-state index < -0.39 is 11.7 Å². The number of anilines is 3. The third-order valence-electron chi connectivity index (χ3n) is 4.96. The minimum atomic E-state index is -0.534. The zero-order valence-electron chi connectivity index (χ0n) is 18.1. The van der Waals surface area contributed by atoms with E-state index in [1.165, 1.54) is 0 Å². The third-order valence-corrected chi connectivity index (χ3v) is 4.96. The second-order valence-electron chi connectivity index (χ2n) is 8.53. The molecule has 9 heteroatoms. The van der Waals surface area contributed by atoms with E-state index in [0.717, 1.165) is 30.8 Å². The molecule has 9 nitrogen and oxygen atoms in total. The van der Waals surface area contributed by atoms with E-state index in [9.17, 15) is 4.79 Å². The number of rotatable bonds is 4. The van der Waals surface area contributed by atoms with Gasteiger partial charge >= 0.3 is 6.09 Å². The Morgan fingerprint density at radius 3 is 2.77 bits per heavy atom. The van der Waals surface area contributed by atoms with Gasteiger partial charge in [0.1, 0.15) is 11.8 Å². The molecule has 0 bridgehead atoms. The molecule has 1 amide bonds. The molecule has 1 saturated heterocycles. The highest BCUT2D eigenvalue weighted by Gasteiger charge is 2.31. The Bertz CT molecular complexity index is 942. The lowest BCUT2D eigenvalue weighted by molar-refractivity contribution is 0.0489. The highest BCUT2D eigenvalue weighted by atomic mass is 16.6. The Morgan fingerprint density at radius 1 is 1.37 bits per heavy atom. The van der Waals surface area contributed by atoms with Crippen LogP contribution in [0.2, 0.25) is 0 Å². The number of nitrogens with one attached hydrogen (secondary N) is 2. The molecule has 3 heterocycles. The van der Waals surface area contributed by atoms with E-state index in [1.807, 2.05) is 40.1 Å². The number of amides is 1. The zero-order chi connectivity index (χ0) is 21.9. The van der Waals surface area contributed by atoms with Crippen molar-refractivity contribution in [3.63, 3.8) is 0 Å². The molecule has 0 aliphatic carbocycles. The fraction of sp³-hybridized carbons (Fsp3) is 0.524. The number of hydrogen-bond acceptors (Lipinski definition) is 6. The van der Waals surface area contributed by atoms with Crippen molar-refractivity contribution >= 4 is 29.0 Å². The smallest absolute Gasteiger partial charge is 0.407 e. The van der Waals surface area contributed by atoms with Crippen LogP contribution in [0, 0.1) is 6.57 Å². The van der Waals surface area contributed by atoms with Gasteiger partial charge < -0.3 is 25.1 Å². The lowest BCUT2D eigenvalue weighted by Gasteiger charge is -2.41. The van der Waals surface area contributed by atoms with Gasteiger partial charge in [-0.05, 0) is 46.6 Å². The lowest BCUT2D eigenvalue weighted by atomic mass is 9.97. The van der Waals surface area contributed by atoms with Crippen LogP contribution in [-0.4, -0.2) is 45.1 Å². The van der Waals surface area contributed by atoms with Crippen LogP contribution < -0.4 is 15.5 Å². The molecule has 3 rings (SSSR count). The largest absolute Gasteiger partial charge is 0.444 e. The molecular formula is C21H29N7O2. The Balaban J connectivity index is 1.78. The van der Waals surface area contributed by atoms with Gasteiger partial charge in [0.2, 0.25) is 0 Å². The summed E-state index contributed by atoms with van der Waals surface area (Å²) in [4.78, 5) is 22.3. The Kier molecular flexibility index (Phi) is 6.15. The molecule has 2 N–H and O–H groups in total. The molecule has 160 valence electrons. The number of aryl methyl sites for hydroxylation is 1. The first-order valence-electron chi connectivity index (χ1n) is 10.1. The molecule has 1 fully saturated rings. The maximum Gasteiger partial charge on any atom is 0.407 e. The number of pyridine rings is 1. The monoisotopic (exact) mass is 411 g/mol. The van der Waals surface area contributed by atoms with Crippen LogP contribution in [0.3, 0.4) is 0 Å². The van der Waals surface area contributed by atoms with Crippen molar-refractivity contribution < 1.29 is 9.53 Å². The van der Waals surface area contributed by atoms with Crippen molar-refractivity contribution in [3.8, 4) is 0 Å². The van der Waals surface area contributed by atoms with Crippen molar-refractivity contribution in [1.82, 2.24) is 20.1 Å². The highest BCUT2D eigenvalue weighted by molar-refractivity contribution is 5.75. The number of ether oxygens (including phenoxy) is 1. The minimum absolute atomic E-state index is 0.0381. The molecule has 0 saturated carbocycles. The second-order valence-corrected chi connectivity index (χ2v) is 8.53. The Labute approximate surface area is 177 Å². The third kappa shape index (κ3) is 5.20. The topological polar surface area (TPSA) is 88.7 Å². The van der Waals surface area contributed by atoms with Gasteiger partial charge in [0.25, 0.3) is 5.82 Å². The van der Waals surface area contributed by atoms with Gasteiger partial charge in [0, 0.05) is 25.8 Å². The van der Waals surface area contributed by atoms with Gasteiger partial charge in [-0.3, -0.25) is 4.68 Å². The highest BCUT2D eigenvalue weighted by Crippen LogP contribution is 2.32. The number of piperidine rings is 1. The summed E-state index contributed by atoms with van der Waals surface area (Å²) in [6.07, 6.45) is 6.66. The van der Waals surface area contributed by atoms with Gasteiger partial charge in [-0.2, -0.15) is 5.10 Å². The SMILES string of the molecule is [C-]#[N+]c1ncc(N2CCC[C@@H](NC(=O)OC(C)(C)C)[C@H]2C)cc1Nc1cnn(C)c1. The summed E-state index contributed by atoms with van der Waals surface area (Å²) in [6.45, 7) is 15.9. The number of nitrogens with zero attached hydrogens (tertiary/aromatic N) is 5. The normalized spacial score (nSPS) is 19.1. The molecule has 0 unspecified atom stereocenters. The molecule has 2 aromatic rings. The lowest BCUT2D eigenvalue weighted by Crippen LogP contribution is -2.54. The maximum atomic E-state index is 12.2. The van der Waals surface area contributed by atoms with E-state index in [-0.39, 0.29) is 12.1 Å². The van der Waals surface area contributed by atoms with Crippen molar-refractivity contribution in [2.24, 2.45) is 7.05 Å². The van der Waals surface area contributed by atoms with Crippen LogP contribution >= 0.6 is 0 Å². The number of alkyl carbamates (subject to hydrolysis) is 1. The van der Waals surface area contributed by atoms with E-state index in [2.05, 4.69) is 37.4 Å². The summed E-state index contributed by atoms with van der Waals surface area (Å²) in [7, 11) is 1.84. The maximum absolute atomic E-state index is 12.2. The van der Waals surface area contributed by atoms with Crippen LogP contribution in [0.5, 0.6) is 0 Å². The second kappa shape index (κ2) is 8.61. The Morgan fingerprint density at radius 2 is 2.13 bits per heavy atom. The standard InChI is InChI=1S/C21H29N7O2/c1-14-17(26-20(29)30-21(2,3)4)8-7-9-28(14)16-10-18(19(22-5)23-12-16)25-15-11-24-27(6)13-15/h10-14,17,25H,7-9H2,1-4,6H3,(H,26,29)/t14-,17-/m1/s1. The molecule has 0 radical (unpaired) electrons. The Hall–Kier alpha value is -3.28. The average molecular weight is 412 g/mol. The number of carbonyl (C=O) groups excluding carboxylic acids is 1. The minimum Gasteiger partial charge on any atom is -0.444 e. The van der Waals surface area contributed by atoms with Gasteiger partial charge in [0.05, 0.1) is 29.3 Å². The summed E-state index contributed by atoms with van der Waals surface area (Å²) in [5.41, 5.74) is 1.79. The first-order chi connectivity index (χ1) is 14.2. The predicted molar refractivity (Wildman–Crippen MR) is 116 cm³/mol. The molecule has 2 atom stereocenters. The summed E-state index contributed by atoms with van der Waals surface area (Å²) >= 11 is 0. The molecule has 1 aliphatic heterocycles. The number of aromatic nitrogens is 3. The van der Waals surface area contributed by atoms with E-state index >= 15 is 0 Å². The first kappa shape index (κ1) is 21.4. The predicted octanol–water partition coefficient (Wildman–Crippen LogP) is 3.99. The summed E-state index contributed by atoms with van der Waals surface area (Å²) < 4.78 is 7.11. The van der Waals surface area contributed by atoms with E-state index in [1.54, 1.807) is 17.1 Å². The average Bonchev–Trinajstić information content (AvgIpc) is 3.06.